The molecule has 6 heteroatoms. The zero-order valence-corrected chi connectivity index (χ0v) is 23.8. The van der Waals surface area contributed by atoms with Gasteiger partial charge in [-0.05, 0) is 49.7 Å². The van der Waals surface area contributed by atoms with Crippen molar-refractivity contribution in [1.82, 2.24) is 0 Å². The van der Waals surface area contributed by atoms with E-state index in [0.29, 0.717) is 22.1 Å². The number of likely N-dealkylation sites (N-methyl/N-ethyl adjacent to an activating group) is 2. The van der Waals surface area contributed by atoms with Crippen molar-refractivity contribution >= 4 is 11.6 Å². The topological polar surface area (TPSA) is 52.6 Å². The molecule has 2 unspecified atom stereocenters. The summed E-state index contributed by atoms with van der Waals surface area (Å²) >= 11 is 0. The van der Waals surface area contributed by atoms with E-state index >= 15 is 0 Å². The summed E-state index contributed by atoms with van der Waals surface area (Å²) in [6.07, 6.45) is 7.37. The fourth-order valence-electron chi connectivity index (χ4n) is 5.79. The predicted molar refractivity (Wildman–Crippen MR) is 151 cm³/mol. The number of rotatable bonds is 11. The largest absolute Gasteiger partial charge is 0.372 e. The maximum absolute atomic E-state index is 13.0. The molecule has 0 bridgehead atoms. The van der Waals surface area contributed by atoms with E-state index in [2.05, 4.69) is 28.2 Å². The summed E-state index contributed by atoms with van der Waals surface area (Å²) in [5.41, 5.74) is 3.54. The average molecular weight is 523 g/mol. The van der Waals surface area contributed by atoms with Crippen molar-refractivity contribution in [2.45, 2.75) is 50.7 Å². The van der Waals surface area contributed by atoms with E-state index in [-0.39, 0.29) is 23.8 Å². The number of benzene rings is 2. The highest BCUT2D eigenvalue weighted by molar-refractivity contribution is 5.98. The Bertz CT molecular complexity index is 976. The first-order chi connectivity index (χ1) is 18.1. The molecule has 0 amide bonds. The average Bonchev–Trinajstić information content (AvgIpc) is 2.89. The third-order valence-electron chi connectivity index (χ3n) is 7.83. The van der Waals surface area contributed by atoms with E-state index in [4.69, 9.17) is 9.47 Å². The molecular weight excluding hydrogens is 476 g/mol. The normalized spacial score (nSPS) is 20.7. The minimum Gasteiger partial charge on any atom is -0.372 e. The number of ketones is 2. The SMILES string of the molecule is C[N+](C)(CC(=O)c1ccc(-c2ccc(C(=O)C[N+](C)(C)CC3CCCCO3)cc2)cc1)CC1CCCCO1. The first-order valence-corrected chi connectivity index (χ1v) is 14.2. The Balaban J connectivity index is 1.31. The second kappa shape index (κ2) is 12.6. The first kappa shape index (κ1) is 28.6. The van der Waals surface area contributed by atoms with Crippen molar-refractivity contribution < 1.29 is 28.0 Å². The molecule has 0 saturated carbocycles. The van der Waals surface area contributed by atoms with Gasteiger partial charge in [-0.2, -0.15) is 0 Å². The van der Waals surface area contributed by atoms with E-state index in [1.807, 2.05) is 48.5 Å². The molecule has 2 aliphatic heterocycles. The highest BCUT2D eigenvalue weighted by atomic mass is 16.5. The van der Waals surface area contributed by atoms with E-state index in [1.165, 1.54) is 12.8 Å². The van der Waals surface area contributed by atoms with Gasteiger partial charge in [0.15, 0.2) is 0 Å². The summed E-state index contributed by atoms with van der Waals surface area (Å²) in [6, 6.07) is 15.7. The maximum Gasteiger partial charge on any atom is 0.216 e. The number of hydrogen-bond acceptors (Lipinski definition) is 4. The Morgan fingerprint density at radius 2 is 1.00 bits per heavy atom. The predicted octanol–water partition coefficient (Wildman–Crippen LogP) is 5.01. The van der Waals surface area contributed by atoms with Gasteiger partial charge in [-0.1, -0.05) is 48.5 Å². The smallest absolute Gasteiger partial charge is 0.216 e. The van der Waals surface area contributed by atoms with Crippen LogP contribution >= 0.6 is 0 Å². The molecule has 0 aromatic heterocycles. The zero-order chi connectivity index (χ0) is 27.2. The molecule has 2 aromatic rings. The number of hydrogen-bond donors (Lipinski definition) is 0. The van der Waals surface area contributed by atoms with Gasteiger partial charge < -0.3 is 18.4 Å². The van der Waals surface area contributed by atoms with Crippen LogP contribution in [0.5, 0.6) is 0 Å². The molecule has 2 fully saturated rings. The number of Topliss-reactive ketones (excluding diaryl/α,β-unsaturated/α-hetero) is 2. The minimum absolute atomic E-state index is 0.151. The standard InChI is InChI=1S/C32H46N2O4/c1-33(2,21-29-9-5-7-19-37-29)23-31(35)27-15-11-25(12-16-27)26-13-17-28(18-14-26)32(36)24-34(3,4)22-30-10-6-8-20-38-30/h11-18,29-30H,5-10,19-24H2,1-4H3/q+2. The Kier molecular flexibility index (Phi) is 9.53. The third kappa shape index (κ3) is 8.31. The molecule has 206 valence electrons. The highest BCUT2D eigenvalue weighted by Gasteiger charge is 2.28. The number of ether oxygens (including phenoxy) is 2. The van der Waals surface area contributed by atoms with Gasteiger partial charge >= 0.3 is 0 Å². The number of carbonyl (C=O) groups is 2. The van der Waals surface area contributed by atoms with Crippen molar-refractivity contribution in [1.29, 1.82) is 0 Å². The molecule has 2 aliphatic rings. The zero-order valence-electron chi connectivity index (χ0n) is 23.8. The Labute approximate surface area is 228 Å². The molecule has 2 atom stereocenters. The molecule has 38 heavy (non-hydrogen) atoms. The van der Waals surface area contributed by atoms with Gasteiger partial charge in [0, 0.05) is 24.3 Å². The van der Waals surface area contributed by atoms with Crippen LogP contribution < -0.4 is 0 Å². The first-order valence-electron chi connectivity index (χ1n) is 14.2. The lowest BCUT2D eigenvalue weighted by Crippen LogP contribution is -2.49. The van der Waals surface area contributed by atoms with Crippen molar-refractivity contribution in [3.63, 3.8) is 0 Å². The molecule has 4 rings (SSSR count). The number of carbonyl (C=O) groups excluding carboxylic acids is 2. The molecule has 2 aromatic carbocycles. The summed E-state index contributed by atoms with van der Waals surface area (Å²) in [7, 11) is 8.43. The van der Waals surface area contributed by atoms with Gasteiger partial charge in [0.1, 0.15) is 38.4 Å². The van der Waals surface area contributed by atoms with Gasteiger partial charge in [-0.3, -0.25) is 9.59 Å². The summed E-state index contributed by atoms with van der Waals surface area (Å²) in [6.45, 7) is 4.30. The van der Waals surface area contributed by atoms with E-state index < -0.39 is 0 Å². The lowest BCUT2D eigenvalue weighted by atomic mass is 9.99. The molecule has 0 N–H and O–H groups in total. The van der Waals surface area contributed by atoms with E-state index in [9.17, 15) is 9.59 Å². The van der Waals surface area contributed by atoms with Gasteiger partial charge in [-0.25, -0.2) is 0 Å². The van der Waals surface area contributed by atoms with E-state index in [0.717, 1.165) is 74.2 Å². The molecule has 0 spiro atoms. The summed E-state index contributed by atoms with van der Waals surface area (Å²) in [4.78, 5) is 26.0. The molecule has 2 heterocycles. The van der Waals surface area contributed by atoms with Crippen LogP contribution in [0.25, 0.3) is 11.1 Å². The monoisotopic (exact) mass is 522 g/mol. The van der Waals surface area contributed by atoms with E-state index in [1.54, 1.807) is 0 Å². The maximum atomic E-state index is 13.0. The number of nitrogens with zero attached hydrogens (tertiary/aromatic N) is 2. The van der Waals surface area contributed by atoms with Crippen LogP contribution in [0, 0.1) is 0 Å². The van der Waals surface area contributed by atoms with Crippen LogP contribution in [0.1, 0.15) is 59.2 Å². The molecule has 0 aliphatic carbocycles. The summed E-state index contributed by atoms with van der Waals surface area (Å²) in [5.74, 6) is 0.301. The second-order valence-corrected chi connectivity index (χ2v) is 12.5. The van der Waals surface area contributed by atoms with Crippen molar-refractivity contribution in [3.05, 3.63) is 59.7 Å². The molecule has 2 saturated heterocycles. The minimum atomic E-state index is 0.151. The third-order valence-corrected chi connectivity index (χ3v) is 7.83. The molecular formula is C32H46N2O4+2. The van der Waals surface area contributed by atoms with Crippen LogP contribution in [0.2, 0.25) is 0 Å². The van der Waals surface area contributed by atoms with Gasteiger partial charge in [0.25, 0.3) is 0 Å². The fourth-order valence-corrected chi connectivity index (χ4v) is 5.79. The lowest BCUT2D eigenvalue weighted by molar-refractivity contribution is -0.885. The summed E-state index contributed by atoms with van der Waals surface area (Å²) in [5, 5.41) is 0. The van der Waals surface area contributed by atoms with Crippen molar-refractivity contribution in [3.8, 4) is 11.1 Å². The Morgan fingerprint density at radius 1 is 0.632 bits per heavy atom. The van der Waals surface area contributed by atoms with Crippen LogP contribution in [0.3, 0.4) is 0 Å². The van der Waals surface area contributed by atoms with Gasteiger partial charge in [0.05, 0.1) is 28.2 Å². The van der Waals surface area contributed by atoms with Crippen molar-refractivity contribution in [2.75, 3.05) is 67.6 Å². The van der Waals surface area contributed by atoms with Gasteiger partial charge in [-0.15, -0.1) is 0 Å². The van der Waals surface area contributed by atoms with Gasteiger partial charge in [0.2, 0.25) is 11.6 Å². The highest BCUT2D eigenvalue weighted by Crippen LogP contribution is 2.23. The fraction of sp³-hybridized carbons (Fsp3) is 0.562. The Hall–Kier alpha value is -2.38. The van der Waals surface area contributed by atoms with Crippen molar-refractivity contribution in [2.24, 2.45) is 0 Å². The van der Waals surface area contributed by atoms with Crippen LogP contribution in [-0.2, 0) is 9.47 Å². The number of quaternary nitrogens is 2. The molecule has 0 radical (unpaired) electrons. The van der Waals surface area contributed by atoms with Crippen LogP contribution in [0.15, 0.2) is 48.5 Å². The Morgan fingerprint density at radius 3 is 1.32 bits per heavy atom. The second-order valence-electron chi connectivity index (χ2n) is 12.5. The lowest BCUT2D eigenvalue weighted by Gasteiger charge is -2.34. The quantitative estimate of drug-likeness (QED) is 0.308. The summed E-state index contributed by atoms with van der Waals surface area (Å²) < 4.78 is 13.0. The van der Waals surface area contributed by atoms with Crippen LogP contribution in [-0.4, -0.2) is 100 Å². The van der Waals surface area contributed by atoms with Crippen LogP contribution in [0.4, 0.5) is 0 Å². The molecule has 6 nitrogen and oxygen atoms in total.